The molecule has 20 heavy (non-hydrogen) atoms. The van der Waals surface area contributed by atoms with Crippen molar-refractivity contribution >= 4 is 26.0 Å². The van der Waals surface area contributed by atoms with Crippen molar-refractivity contribution in [1.82, 2.24) is 4.31 Å². The van der Waals surface area contributed by atoms with Gasteiger partial charge < -0.3 is 5.11 Å². The highest BCUT2D eigenvalue weighted by molar-refractivity contribution is 9.10. The minimum absolute atomic E-state index is 0.0975. The minimum atomic E-state index is -3.47. The highest BCUT2D eigenvalue weighted by Gasteiger charge is 2.32. The molecule has 0 heterocycles. The lowest BCUT2D eigenvalue weighted by atomic mass is 10.2. The number of hydrogen-bond acceptors (Lipinski definition) is 3. The van der Waals surface area contributed by atoms with Crippen LogP contribution in [0.4, 0.5) is 0 Å². The Kier molecular flexibility index (Phi) is 5.23. The number of aliphatic hydroxyl groups excluding tert-OH is 1. The van der Waals surface area contributed by atoms with E-state index in [0.717, 1.165) is 19.3 Å². The van der Waals surface area contributed by atoms with E-state index in [4.69, 9.17) is 5.11 Å². The molecule has 1 aromatic rings. The van der Waals surface area contributed by atoms with Crippen LogP contribution in [0.2, 0.25) is 0 Å². The van der Waals surface area contributed by atoms with Gasteiger partial charge in [-0.15, -0.1) is 0 Å². The number of rotatable bonds is 7. The van der Waals surface area contributed by atoms with Crippen molar-refractivity contribution in [2.45, 2.75) is 37.7 Å². The standard InChI is InChI=1S/C14H20BrNO3S/c1-2-7-16(9-11-3-4-11)20(18,19)14-6-5-12(10-17)8-13(14)15/h5-6,8,11,17H,2-4,7,9-10H2,1H3. The molecule has 0 unspecified atom stereocenters. The summed E-state index contributed by atoms with van der Waals surface area (Å²) in [5, 5.41) is 9.10. The fourth-order valence-corrected chi connectivity index (χ4v) is 4.83. The average molecular weight is 362 g/mol. The lowest BCUT2D eigenvalue weighted by molar-refractivity contribution is 0.281. The third-order valence-corrected chi connectivity index (χ3v) is 6.27. The summed E-state index contributed by atoms with van der Waals surface area (Å²) in [6, 6.07) is 4.88. The zero-order chi connectivity index (χ0) is 14.8. The van der Waals surface area contributed by atoms with E-state index in [1.165, 1.54) is 0 Å². The number of nitrogens with zero attached hydrogens (tertiary/aromatic N) is 1. The van der Waals surface area contributed by atoms with Gasteiger partial charge in [-0.05, 0) is 58.8 Å². The summed E-state index contributed by atoms with van der Waals surface area (Å²) in [6.45, 7) is 3.05. The molecule has 0 bridgehead atoms. The molecule has 1 N–H and O–H groups in total. The van der Waals surface area contributed by atoms with E-state index in [1.807, 2.05) is 6.92 Å². The molecule has 1 saturated carbocycles. The van der Waals surface area contributed by atoms with Gasteiger partial charge in [-0.2, -0.15) is 4.31 Å². The lowest BCUT2D eigenvalue weighted by Crippen LogP contribution is -2.33. The van der Waals surface area contributed by atoms with Gasteiger partial charge in [0.1, 0.15) is 0 Å². The molecule has 0 aromatic heterocycles. The summed E-state index contributed by atoms with van der Waals surface area (Å²) in [4.78, 5) is 0.281. The van der Waals surface area contributed by atoms with Gasteiger partial charge in [0.05, 0.1) is 11.5 Å². The van der Waals surface area contributed by atoms with Gasteiger partial charge in [0.25, 0.3) is 0 Å². The molecule has 1 aromatic carbocycles. The summed E-state index contributed by atoms with van der Waals surface area (Å²) in [6.07, 6.45) is 3.05. The molecule has 1 fully saturated rings. The van der Waals surface area contributed by atoms with E-state index in [9.17, 15) is 8.42 Å². The maximum atomic E-state index is 12.7. The fraction of sp³-hybridized carbons (Fsp3) is 0.571. The van der Waals surface area contributed by atoms with Crippen molar-refractivity contribution in [2.75, 3.05) is 13.1 Å². The second kappa shape index (κ2) is 6.56. The maximum absolute atomic E-state index is 12.7. The summed E-state index contributed by atoms with van der Waals surface area (Å²) in [7, 11) is -3.47. The Morgan fingerprint density at radius 2 is 2.10 bits per heavy atom. The zero-order valence-electron chi connectivity index (χ0n) is 11.5. The Morgan fingerprint density at radius 3 is 2.60 bits per heavy atom. The molecular weight excluding hydrogens is 342 g/mol. The number of aliphatic hydroxyl groups is 1. The second-order valence-electron chi connectivity index (χ2n) is 5.23. The second-order valence-corrected chi connectivity index (χ2v) is 7.99. The van der Waals surface area contributed by atoms with E-state index in [1.54, 1.807) is 22.5 Å². The van der Waals surface area contributed by atoms with Gasteiger partial charge in [-0.3, -0.25) is 0 Å². The molecule has 112 valence electrons. The number of hydrogen-bond donors (Lipinski definition) is 1. The highest BCUT2D eigenvalue weighted by atomic mass is 79.9. The van der Waals surface area contributed by atoms with Gasteiger partial charge >= 0.3 is 0 Å². The monoisotopic (exact) mass is 361 g/mol. The molecule has 0 saturated heterocycles. The van der Waals surface area contributed by atoms with Crippen LogP contribution in [0.3, 0.4) is 0 Å². The molecule has 1 aliphatic carbocycles. The predicted molar refractivity (Wildman–Crippen MR) is 81.8 cm³/mol. The Hall–Kier alpha value is -0.430. The van der Waals surface area contributed by atoms with Crippen LogP contribution in [-0.2, 0) is 16.6 Å². The SMILES string of the molecule is CCCN(CC1CC1)S(=O)(=O)c1ccc(CO)cc1Br. The Morgan fingerprint density at radius 1 is 1.40 bits per heavy atom. The Labute approximate surface area is 129 Å². The molecule has 1 aliphatic rings. The smallest absolute Gasteiger partial charge is 0.244 e. The van der Waals surface area contributed by atoms with Gasteiger partial charge in [0, 0.05) is 17.6 Å². The first kappa shape index (κ1) is 15.9. The first-order chi connectivity index (χ1) is 9.48. The van der Waals surface area contributed by atoms with Crippen LogP contribution in [0, 0.1) is 5.92 Å². The Bertz CT molecular complexity index is 570. The maximum Gasteiger partial charge on any atom is 0.244 e. The van der Waals surface area contributed by atoms with Crippen LogP contribution in [0.15, 0.2) is 27.6 Å². The summed E-state index contributed by atoms with van der Waals surface area (Å²) in [5.74, 6) is 0.520. The number of halogens is 1. The van der Waals surface area contributed by atoms with Gasteiger partial charge in [0.2, 0.25) is 10.0 Å². The van der Waals surface area contributed by atoms with Crippen molar-refractivity contribution in [3.63, 3.8) is 0 Å². The van der Waals surface area contributed by atoms with Crippen LogP contribution >= 0.6 is 15.9 Å². The zero-order valence-corrected chi connectivity index (χ0v) is 14.0. The van der Waals surface area contributed by atoms with Crippen LogP contribution < -0.4 is 0 Å². The van der Waals surface area contributed by atoms with E-state index in [0.29, 0.717) is 29.0 Å². The lowest BCUT2D eigenvalue weighted by Gasteiger charge is -2.22. The van der Waals surface area contributed by atoms with Gasteiger partial charge in [-0.1, -0.05) is 13.0 Å². The predicted octanol–water partition coefficient (Wildman–Crippen LogP) is 2.75. The molecule has 4 nitrogen and oxygen atoms in total. The van der Waals surface area contributed by atoms with Gasteiger partial charge in [0.15, 0.2) is 0 Å². The average Bonchev–Trinajstić information content (AvgIpc) is 3.21. The van der Waals surface area contributed by atoms with Crippen LogP contribution in [0.5, 0.6) is 0 Å². The van der Waals surface area contributed by atoms with E-state index < -0.39 is 10.0 Å². The van der Waals surface area contributed by atoms with Crippen LogP contribution in [-0.4, -0.2) is 30.9 Å². The quantitative estimate of drug-likeness (QED) is 0.812. The molecule has 6 heteroatoms. The molecule has 2 rings (SSSR count). The van der Waals surface area contributed by atoms with Crippen molar-refractivity contribution < 1.29 is 13.5 Å². The Balaban J connectivity index is 2.30. The van der Waals surface area contributed by atoms with E-state index in [-0.39, 0.29) is 11.5 Å². The van der Waals surface area contributed by atoms with E-state index >= 15 is 0 Å². The van der Waals surface area contributed by atoms with Crippen molar-refractivity contribution in [2.24, 2.45) is 5.92 Å². The topological polar surface area (TPSA) is 57.6 Å². The third-order valence-electron chi connectivity index (χ3n) is 3.43. The number of sulfonamides is 1. The molecule has 0 aliphatic heterocycles. The molecule has 0 spiro atoms. The van der Waals surface area contributed by atoms with Gasteiger partial charge in [-0.25, -0.2) is 8.42 Å². The summed E-state index contributed by atoms with van der Waals surface area (Å²) < 4.78 is 27.6. The van der Waals surface area contributed by atoms with Crippen LogP contribution in [0.1, 0.15) is 31.7 Å². The van der Waals surface area contributed by atoms with Crippen molar-refractivity contribution in [1.29, 1.82) is 0 Å². The summed E-state index contributed by atoms with van der Waals surface area (Å²) in [5.41, 5.74) is 0.694. The first-order valence-electron chi connectivity index (χ1n) is 6.88. The number of benzene rings is 1. The molecule has 0 atom stereocenters. The minimum Gasteiger partial charge on any atom is -0.392 e. The van der Waals surface area contributed by atoms with Crippen molar-refractivity contribution in [3.05, 3.63) is 28.2 Å². The largest absolute Gasteiger partial charge is 0.392 e. The fourth-order valence-electron chi connectivity index (χ4n) is 2.14. The molecule has 0 amide bonds. The summed E-state index contributed by atoms with van der Waals surface area (Å²) >= 11 is 3.31. The normalized spacial score (nSPS) is 15.8. The third kappa shape index (κ3) is 3.61. The van der Waals surface area contributed by atoms with Crippen molar-refractivity contribution in [3.8, 4) is 0 Å². The van der Waals surface area contributed by atoms with Crippen LogP contribution in [0.25, 0.3) is 0 Å². The molecular formula is C14H20BrNO3S. The first-order valence-corrected chi connectivity index (χ1v) is 9.11. The molecule has 0 radical (unpaired) electrons. The van der Waals surface area contributed by atoms with E-state index in [2.05, 4.69) is 15.9 Å². The highest BCUT2D eigenvalue weighted by Crippen LogP contribution is 2.33.